The molecule has 0 saturated carbocycles. The van der Waals surface area contributed by atoms with E-state index in [1.165, 1.54) is 11.3 Å². The summed E-state index contributed by atoms with van der Waals surface area (Å²) in [5, 5.41) is 5.01. The second-order valence-corrected chi connectivity index (χ2v) is 9.31. The van der Waals surface area contributed by atoms with Crippen molar-refractivity contribution in [2.45, 2.75) is 23.8 Å². The Morgan fingerprint density at radius 1 is 1.19 bits per heavy atom. The highest BCUT2D eigenvalue weighted by molar-refractivity contribution is 7.65. The third kappa shape index (κ3) is 3.99. The number of rotatable bonds is 4. The molecule has 3 N–H and O–H groups in total. The molecule has 0 spiro atoms. The molecule has 7 nitrogen and oxygen atoms in total. The van der Waals surface area contributed by atoms with E-state index < -0.39 is 0 Å². The smallest absolute Gasteiger partial charge is 0.338 e. The SMILES string of the molecule is NC1CCN(C(=O)c2cc3c(ccc4cnc(Nc5cccc([S+]=O)c5)nc43)s2)CC1. The summed E-state index contributed by atoms with van der Waals surface area (Å²) >= 11 is 1.93. The van der Waals surface area contributed by atoms with Gasteiger partial charge in [-0.3, -0.25) is 4.79 Å². The van der Waals surface area contributed by atoms with E-state index in [4.69, 9.17) is 10.7 Å². The van der Waals surface area contributed by atoms with Crippen LogP contribution in [0, 0.1) is 0 Å². The molecule has 2 aromatic carbocycles. The molecule has 0 unspecified atom stereocenters. The van der Waals surface area contributed by atoms with Crippen LogP contribution in [0.1, 0.15) is 22.5 Å². The van der Waals surface area contributed by atoms with Gasteiger partial charge in [-0.25, -0.2) is 9.97 Å². The van der Waals surface area contributed by atoms with Gasteiger partial charge in [0.15, 0.2) is 0 Å². The maximum atomic E-state index is 13.0. The van der Waals surface area contributed by atoms with Crippen LogP contribution < -0.4 is 11.1 Å². The number of nitrogens with one attached hydrogen (secondary N) is 1. The Hall–Kier alpha value is -3.01. The van der Waals surface area contributed by atoms with Crippen LogP contribution in [-0.2, 0) is 15.9 Å². The lowest BCUT2D eigenvalue weighted by atomic mass is 10.1. The van der Waals surface area contributed by atoms with Gasteiger partial charge in [0, 0.05) is 62.8 Å². The Balaban J connectivity index is 1.49. The first kappa shape index (κ1) is 19.9. The standard InChI is InChI=1S/C22H19N5O2S2/c23-14-6-8-27(9-7-14)21(28)19-11-17-18(30-19)5-4-13-12-24-22(26-20(13)17)25-15-2-1-3-16(10-15)31-29/h1-5,10-12,14H,6-9,23H2/p+1. The predicted octanol–water partition coefficient (Wildman–Crippen LogP) is 3.94. The van der Waals surface area contributed by atoms with E-state index in [9.17, 15) is 9.00 Å². The molecule has 0 aliphatic carbocycles. The van der Waals surface area contributed by atoms with E-state index in [0.29, 0.717) is 40.5 Å². The minimum absolute atomic E-state index is 0.0561. The summed E-state index contributed by atoms with van der Waals surface area (Å²) in [4.78, 5) is 25.3. The zero-order valence-electron chi connectivity index (χ0n) is 16.6. The van der Waals surface area contributed by atoms with Crippen molar-refractivity contribution in [3.05, 3.63) is 53.5 Å². The largest absolute Gasteiger partial charge is 0.505 e. The molecule has 2 aromatic heterocycles. The number of nitrogens with zero attached hydrogens (tertiary/aromatic N) is 3. The van der Waals surface area contributed by atoms with Crippen LogP contribution in [0.3, 0.4) is 0 Å². The Morgan fingerprint density at radius 3 is 2.84 bits per heavy atom. The lowest BCUT2D eigenvalue weighted by Gasteiger charge is -2.29. The molecule has 3 heterocycles. The minimum atomic E-state index is 0.0561. The molecular formula is C22H20N5O2S2+. The number of amides is 1. The quantitative estimate of drug-likeness (QED) is 0.457. The number of benzene rings is 2. The van der Waals surface area contributed by atoms with Gasteiger partial charge in [-0.1, -0.05) is 6.07 Å². The highest BCUT2D eigenvalue weighted by Crippen LogP contribution is 2.32. The Kier molecular flexibility index (Phi) is 5.31. The fraction of sp³-hybridized carbons (Fsp3) is 0.227. The zero-order valence-corrected chi connectivity index (χ0v) is 18.2. The average Bonchev–Trinajstić information content (AvgIpc) is 3.24. The third-order valence-electron chi connectivity index (χ3n) is 5.47. The number of aromatic nitrogens is 2. The number of carbonyl (C=O) groups is 1. The summed E-state index contributed by atoms with van der Waals surface area (Å²) in [6.07, 6.45) is 3.45. The highest BCUT2D eigenvalue weighted by Gasteiger charge is 2.23. The monoisotopic (exact) mass is 450 g/mol. The molecular weight excluding hydrogens is 430 g/mol. The van der Waals surface area contributed by atoms with E-state index in [2.05, 4.69) is 10.3 Å². The number of nitrogens with two attached hydrogens (primary N) is 1. The summed E-state index contributed by atoms with van der Waals surface area (Å²) in [5.74, 6) is 0.498. The van der Waals surface area contributed by atoms with Gasteiger partial charge in [0.1, 0.15) is 0 Å². The van der Waals surface area contributed by atoms with Crippen molar-refractivity contribution >= 4 is 61.5 Å². The van der Waals surface area contributed by atoms with Gasteiger partial charge in [-0.05, 0) is 37.1 Å². The van der Waals surface area contributed by atoms with Crippen LogP contribution in [-0.4, -0.2) is 39.9 Å². The summed E-state index contributed by atoms with van der Waals surface area (Å²) in [6.45, 7) is 1.40. The Bertz CT molecular complexity index is 1300. The van der Waals surface area contributed by atoms with Gasteiger partial charge in [0.25, 0.3) is 10.8 Å². The second-order valence-electron chi connectivity index (χ2n) is 7.59. The molecule has 1 saturated heterocycles. The molecule has 5 rings (SSSR count). The molecule has 0 atom stereocenters. The average molecular weight is 451 g/mol. The molecule has 31 heavy (non-hydrogen) atoms. The normalized spacial score (nSPS) is 14.8. The first-order valence-corrected chi connectivity index (χ1v) is 11.6. The Labute approximate surface area is 186 Å². The van der Waals surface area contributed by atoms with E-state index in [1.54, 1.807) is 18.3 Å². The van der Waals surface area contributed by atoms with Gasteiger partial charge < -0.3 is 16.0 Å². The van der Waals surface area contributed by atoms with Crippen molar-refractivity contribution in [2.75, 3.05) is 18.4 Å². The summed E-state index contributed by atoms with van der Waals surface area (Å²) in [5.41, 5.74) is 7.51. The van der Waals surface area contributed by atoms with E-state index in [-0.39, 0.29) is 11.9 Å². The van der Waals surface area contributed by atoms with E-state index in [0.717, 1.165) is 39.5 Å². The van der Waals surface area contributed by atoms with Crippen molar-refractivity contribution < 1.29 is 9.00 Å². The van der Waals surface area contributed by atoms with Crippen LogP contribution in [0.25, 0.3) is 21.0 Å². The number of likely N-dealkylation sites (tertiary alicyclic amines) is 1. The number of anilines is 2. The molecule has 1 aliphatic heterocycles. The van der Waals surface area contributed by atoms with E-state index >= 15 is 0 Å². The molecule has 0 bridgehead atoms. The fourth-order valence-electron chi connectivity index (χ4n) is 3.79. The predicted molar refractivity (Wildman–Crippen MR) is 124 cm³/mol. The van der Waals surface area contributed by atoms with Crippen molar-refractivity contribution in [1.82, 2.24) is 14.9 Å². The number of fused-ring (bicyclic) bond motifs is 3. The lowest BCUT2D eigenvalue weighted by molar-refractivity contribution is 0.0720. The molecule has 0 radical (unpaired) electrons. The summed E-state index contributed by atoms with van der Waals surface area (Å²) in [6, 6.07) is 13.3. The molecule has 9 heteroatoms. The molecule has 1 fully saturated rings. The van der Waals surface area contributed by atoms with Crippen LogP contribution in [0.2, 0.25) is 0 Å². The first-order chi connectivity index (χ1) is 15.1. The van der Waals surface area contributed by atoms with E-state index in [1.807, 2.05) is 35.2 Å². The minimum Gasteiger partial charge on any atom is -0.338 e. The molecule has 156 valence electrons. The lowest BCUT2D eigenvalue weighted by Crippen LogP contribution is -2.42. The second kappa shape index (κ2) is 8.26. The zero-order chi connectivity index (χ0) is 21.4. The van der Waals surface area contributed by atoms with Crippen LogP contribution in [0.4, 0.5) is 11.6 Å². The van der Waals surface area contributed by atoms with Gasteiger partial charge in [0.05, 0.1) is 10.4 Å². The Morgan fingerprint density at radius 2 is 2.03 bits per heavy atom. The number of carbonyl (C=O) groups excluding carboxylic acids is 1. The number of hydrogen-bond acceptors (Lipinski definition) is 7. The van der Waals surface area contributed by atoms with Crippen LogP contribution >= 0.6 is 11.3 Å². The highest BCUT2D eigenvalue weighted by atomic mass is 32.1. The van der Waals surface area contributed by atoms with Crippen LogP contribution in [0.15, 0.2) is 53.6 Å². The fourth-order valence-corrected chi connectivity index (χ4v) is 5.13. The van der Waals surface area contributed by atoms with Gasteiger partial charge in [-0.15, -0.1) is 11.3 Å². The summed E-state index contributed by atoms with van der Waals surface area (Å²) in [7, 11) is 0. The van der Waals surface area contributed by atoms with Crippen molar-refractivity contribution in [1.29, 1.82) is 0 Å². The van der Waals surface area contributed by atoms with Crippen molar-refractivity contribution in [2.24, 2.45) is 5.73 Å². The third-order valence-corrected chi connectivity index (χ3v) is 7.01. The van der Waals surface area contributed by atoms with Gasteiger partial charge in [-0.2, -0.15) is 0 Å². The molecule has 1 aliphatic rings. The van der Waals surface area contributed by atoms with Crippen LogP contribution in [0.5, 0.6) is 0 Å². The maximum Gasteiger partial charge on any atom is 0.505 e. The van der Waals surface area contributed by atoms with Crippen molar-refractivity contribution in [3.63, 3.8) is 0 Å². The number of piperidine rings is 1. The van der Waals surface area contributed by atoms with Gasteiger partial charge >= 0.3 is 11.7 Å². The topological polar surface area (TPSA) is 101 Å². The number of thiophene rings is 1. The molecule has 1 amide bonds. The van der Waals surface area contributed by atoms with Gasteiger partial charge in [0.2, 0.25) is 5.95 Å². The molecule has 4 aromatic rings. The van der Waals surface area contributed by atoms with Crippen molar-refractivity contribution in [3.8, 4) is 0 Å². The maximum absolute atomic E-state index is 13.0. The summed E-state index contributed by atoms with van der Waals surface area (Å²) < 4.78 is 12.1. The first-order valence-electron chi connectivity index (χ1n) is 10.0. The number of hydrogen-bond donors (Lipinski definition) is 2.